The minimum absolute atomic E-state index is 0.149. The molecule has 0 fully saturated rings. The molecule has 0 radical (unpaired) electrons. The molecule has 2 N–H and O–H groups in total. The van der Waals surface area contributed by atoms with Crippen LogP contribution in [0.5, 0.6) is 0 Å². The molecule has 0 aliphatic carbocycles. The Kier molecular flexibility index (Phi) is 9.34. The molecule has 0 atom stereocenters. The summed E-state index contributed by atoms with van der Waals surface area (Å²) in [4.78, 5) is 13.2. The third kappa shape index (κ3) is 7.33. The van der Waals surface area contributed by atoms with Gasteiger partial charge in [-0.1, -0.05) is 36.5 Å². The maximum absolute atomic E-state index is 11.0. The van der Waals surface area contributed by atoms with Gasteiger partial charge in [0.1, 0.15) is 5.69 Å². The Balaban J connectivity index is 2.12. The first-order chi connectivity index (χ1) is 14.0. The van der Waals surface area contributed by atoms with Gasteiger partial charge in [-0.05, 0) is 49.4 Å². The number of hydrogen-bond donors (Lipinski definition) is 1. The Hall–Kier alpha value is -2.70. The number of quaternary nitrogens is 1. The van der Waals surface area contributed by atoms with Gasteiger partial charge in [-0.15, -0.1) is 5.11 Å². The lowest BCUT2D eigenvalue weighted by molar-refractivity contribution is -0.567. The standard InChI is InChI=1S/C23H28N4OS/c1-5-9-23(21-10-7-8-11-22(21)24-6-2)26-25-19-12-14-20(15-13-19)27(4)16-17-29-18(3)28/h5,7-15,24H,1,6,16-17H2,2-4H3/p+1/b23-9+,26-25?. The fourth-order valence-electron chi connectivity index (χ4n) is 2.76. The van der Waals surface area contributed by atoms with Crippen molar-refractivity contribution in [3.63, 3.8) is 0 Å². The Morgan fingerprint density at radius 1 is 1.21 bits per heavy atom. The zero-order valence-electron chi connectivity index (χ0n) is 17.3. The number of para-hydroxylation sites is 1. The first-order valence-electron chi connectivity index (χ1n) is 9.66. The van der Waals surface area contributed by atoms with Crippen molar-refractivity contribution in [1.29, 1.82) is 0 Å². The Bertz CT molecular complexity index is 875. The summed E-state index contributed by atoms with van der Waals surface area (Å²) in [6.07, 6.45) is 3.61. The number of carbonyl (C=O) groups excluding carboxylic acids is 1. The minimum atomic E-state index is 0.149. The predicted octanol–water partition coefficient (Wildman–Crippen LogP) is 4.93. The number of benzene rings is 2. The van der Waals surface area contributed by atoms with E-state index < -0.39 is 0 Å². The normalized spacial score (nSPS) is 11.6. The van der Waals surface area contributed by atoms with Crippen LogP contribution in [0.2, 0.25) is 0 Å². The molecule has 2 aromatic carbocycles. The lowest BCUT2D eigenvalue weighted by Crippen LogP contribution is -2.77. The quantitative estimate of drug-likeness (QED) is 0.344. The van der Waals surface area contributed by atoms with Gasteiger partial charge in [0.05, 0.1) is 23.5 Å². The molecular weight excluding hydrogens is 380 g/mol. The topological polar surface area (TPSA) is 61.6 Å². The van der Waals surface area contributed by atoms with E-state index in [-0.39, 0.29) is 5.12 Å². The highest BCUT2D eigenvalue weighted by Crippen LogP contribution is 2.25. The Labute approximate surface area is 177 Å². The third-order valence-electron chi connectivity index (χ3n) is 4.23. The second-order valence-corrected chi connectivity index (χ2v) is 7.74. The number of azo groups is 1. The highest BCUT2D eigenvalue weighted by atomic mass is 32.2. The van der Waals surface area contributed by atoms with Gasteiger partial charge in [-0.25, -0.2) is 0 Å². The van der Waals surface area contributed by atoms with Crippen LogP contribution in [0.25, 0.3) is 5.70 Å². The summed E-state index contributed by atoms with van der Waals surface area (Å²) in [7, 11) is 2.02. The van der Waals surface area contributed by atoms with Crippen molar-refractivity contribution in [2.75, 3.05) is 30.8 Å². The lowest BCUT2D eigenvalue weighted by Gasteiger charge is -2.18. The fourth-order valence-corrected chi connectivity index (χ4v) is 3.41. The van der Waals surface area contributed by atoms with Crippen molar-refractivity contribution in [1.82, 2.24) is 0 Å². The van der Waals surface area contributed by atoms with E-state index in [4.69, 9.17) is 0 Å². The van der Waals surface area contributed by atoms with E-state index in [0.717, 1.165) is 47.2 Å². The first kappa shape index (κ1) is 22.6. The van der Waals surface area contributed by atoms with Crippen molar-refractivity contribution in [2.45, 2.75) is 13.8 Å². The fraction of sp³-hybridized carbons (Fsp3) is 0.261. The Morgan fingerprint density at radius 3 is 2.59 bits per heavy atom. The molecule has 0 unspecified atom stereocenters. The van der Waals surface area contributed by atoms with Gasteiger partial charge in [0.25, 0.3) is 0 Å². The molecule has 152 valence electrons. The molecule has 0 heterocycles. The molecule has 6 heteroatoms. The predicted molar refractivity (Wildman–Crippen MR) is 124 cm³/mol. The lowest BCUT2D eigenvalue weighted by atomic mass is 10.1. The van der Waals surface area contributed by atoms with Crippen LogP contribution in [0.1, 0.15) is 19.4 Å². The number of anilines is 1. The van der Waals surface area contributed by atoms with Crippen LogP contribution < -0.4 is 10.2 Å². The molecule has 0 saturated carbocycles. The third-order valence-corrected chi connectivity index (χ3v) is 5.03. The molecule has 2 aromatic rings. The Morgan fingerprint density at radius 2 is 1.93 bits per heavy atom. The molecule has 0 amide bonds. The van der Waals surface area contributed by atoms with Gasteiger partial charge in [0.2, 0.25) is 0 Å². The zero-order chi connectivity index (χ0) is 21.1. The molecular formula is C23H29N4OS+. The van der Waals surface area contributed by atoms with E-state index in [2.05, 4.69) is 40.0 Å². The monoisotopic (exact) mass is 409 g/mol. The van der Waals surface area contributed by atoms with Crippen LogP contribution in [0.15, 0.2) is 77.5 Å². The average Bonchev–Trinajstić information content (AvgIpc) is 2.72. The van der Waals surface area contributed by atoms with Gasteiger partial charge < -0.3 is 10.2 Å². The molecule has 0 spiro atoms. The first-order valence-corrected chi connectivity index (χ1v) is 10.6. The van der Waals surface area contributed by atoms with Crippen LogP contribution in [-0.4, -0.2) is 31.0 Å². The van der Waals surface area contributed by atoms with Crippen molar-refractivity contribution < 1.29 is 10.1 Å². The minimum Gasteiger partial charge on any atom is -0.374 e. The van der Waals surface area contributed by atoms with E-state index in [1.54, 1.807) is 13.0 Å². The van der Waals surface area contributed by atoms with Crippen molar-refractivity contribution >= 4 is 39.6 Å². The summed E-state index contributed by atoms with van der Waals surface area (Å²) in [5.74, 6) is 0.775. The van der Waals surface area contributed by atoms with Gasteiger partial charge in [0.15, 0.2) is 5.12 Å². The van der Waals surface area contributed by atoms with Crippen LogP contribution in [0.4, 0.5) is 17.1 Å². The molecule has 0 saturated heterocycles. The maximum Gasteiger partial charge on any atom is 0.185 e. The summed E-state index contributed by atoms with van der Waals surface area (Å²) in [6, 6.07) is 16.1. The van der Waals surface area contributed by atoms with Crippen molar-refractivity contribution in [2.24, 2.45) is 10.2 Å². The second kappa shape index (κ2) is 12.0. The molecule has 0 bridgehead atoms. The van der Waals surface area contributed by atoms with Gasteiger partial charge >= 0.3 is 0 Å². The van der Waals surface area contributed by atoms with Gasteiger partial charge in [-0.3, -0.25) is 4.79 Å². The largest absolute Gasteiger partial charge is 0.374 e. The average molecular weight is 410 g/mol. The summed E-state index contributed by atoms with van der Waals surface area (Å²) in [5.41, 5.74) is 4.83. The van der Waals surface area contributed by atoms with E-state index in [0.29, 0.717) is 0 Å². The number of rotatable bonds is 10. The molecule has 0 aliphatic rings. The SMILES string of the molecule is C=C/C=C(/N=Nc1ccc(N(C)CCSC(C)=O)cc1)c1ccccc1[NH2+]CC. The number of nitrogens with two attached hydrogens (primary N) is 1. The van der Waals surface area contributed by atoms with Crippen molar-refractivity contribution in [3.8, 4) is 0 Å². The second-order valence-electron chi connectivity index (χ2n) is 6.47. The highest BCUT2D eigenvalue weighted by molar-refractivity contribution is 8.13. The summed E-state index contributed by atoms with van der Waals surface area (Å²) < 4.78 is 0. The van der Waals surface area contributed by atoms with Crippen LogP contribution in [-0.2, 0) is 4.79 Å². The van der Waals surface area contributed by atoms with Gasteiger partial charge in [0, 0.05) is 32.0 Å². The molecule has 0 aliphatic heterocycles. The molecule has 29 heavy (non-hydrogen) atoms. The molecule has 0 aromatic heterocycles. The number of hydrogen-bond acceptors (Lipinski definition) is 5. The summed E-state index contributed by atoms with van der Waals surface area (Å²) >= 11 is 1.34. The van der Waals surface area contributed by atoms with Gasteiger partial charge in [-0.2, -0.15) is 5.11 Å². The molecule has 5 nitrogen and oxygen atoms in total. The number of allylic oxidation sites excluding steroid dienone is 2. The van der Waals surface area contributed by atoms with E-state index in [9.17, 15) is 4.79 Å². The molecule has 2 rings (SSSR count). The number of thioether (sulfide) groups is 1. The van der Waals surface area contributed by atoms with Crippen LogP contribution >= 0.6 is 11.8 Å². The maximum atomic E-state index is 11.0. The highest BCUT2D eigenvalue weighted by Gasteiger charge is 2.09. The smallest absolute Gasteiger partial charge is 0.185 e. The summed E-state index contributed by atoms with van der Waals surface area (Å²) in [6.45, 7) is 9.28. The van der Waals surface area contributed by atoms with E-state index in [1.165, 1.54) is 11.8 Å². The zero-order valence-corrected chi connectivity index (χ0v) is 18.2. The van der Waals surface area contributed by atoms with Crippen LogP contribution in [0, 0.1) is 0 Å². The summed E-state index contributed by atoms with van der Waals surface area (Å²) in [5, 5.41) is 11.2. The number of nitrogens with zero attached hydrogens (tertiary/aromatic N) is 3. The van der Waals surface area contributed by atoms with Crippen molar-refractivity contribution in [3.05, 3.63) is 72.8 Å². The van der Waals surface area contributed by atoms with Crippen LogP contribution in [0.3, 0.4) is 0 Å². The van der Waals surface area contributed by atoms with E-state index in [1.807, 2.05) is 55.6 Å². The number of carbonyl (C=O) groups is 1. The van der Waals surface area contributed by atoms with E-state index >= 15 is 0 Å².